The summed E-state index contributed by atoms with van der Waals surface area (Å²) in [4.78, 5) is 0. The summed E-state index contributed by atoms with van der Waals surface area (Å²) in [5.74, 6) is 0. The van der Waals surface area contributed by atoms with Gasteiger partial charge in [-0.25, -0.2) is 0 Å². The third-order valence-electron chi connectivity index (χ3n) is 0.471. The van der Waals surface area contributed by atoms with Gasteiger partial charge in [-0.15, -0.1) is 11.4 Å². The van der Waals surface area contributed by atoms with E-state index in [0.717, 1.165) is 0 Å². The van der Waals surface area contributed by atoms with Gasteiger partial charge >= 0.3 is 59.1 Å². The molecule has 13 heavy (non-hydrogen) atoms. The van der Waals surface area contributed by atoms with E-state index in [1.54, 1.807) is 0 Å². The molecule has 9 heteroatoms. The van der Waals surface area contributed by atoms with Crippen molar-refractivity contribution >= 4 is 11.4 Å². The van der Waals surface area contributed by atoms with E-state index < -0.39 is 11.4 Å². The van der Waals surface area contributed by atoms with Crippen molar-refractivity contribution in [2.45, 2.75) is 0 Å². The van der Waals surface area contributed by atoms with Crippen LogP contribution in [0.4, 0.5) is 0 Å². The maximum absolute atomic E-state index is 8.44. The number of hydrogen-bond acceptors (Lipinski definition) is 6. The SMILES string of the molecule is O=S([O-])[O-].OCCOCCO.[Na+].[Na+]. The van der Waals surface area contributed by atoms with Crippen LogP contribution in [0.15, 0.2) is 0 Å². The Balaban J connectivity index is -0.0000000600. The van der Waals surface area contributed by atoms with Crippen LogP contribution in [-0.2, 0) is 16.1 Å². The second kappa shape index (κ2) is 23.6. The van der Waals surface area contributed by atoms with Gasteiger partial charge in [0.1, 0.15) is 0 Å². The van der Waals surface area contributed by atoms with Crippen molar-refractivity contribution in [1.29, 1.82) is 0 Å². The summed E-state index contributed by atoms with van der Waals surface area (Å²) < 4.78 is 30.0. The van der Waals surface area contributed by atoms with Crippen molar-refractivity contribution < 1.29 is 87.4 Å². The summed E-state index contributed by atoms with van der Waals surface area (Å²) in [7, 11) is 0. The Bertz CT molecular complexity index is 86.7. The number of rotatable bonds is 4. The molecule has 0 aliphatic carbocycles. The van der Waals surface area contributed by atoms with Crippen LogP contribution in [0.1, 0.15) is 0 Å². The smallest absolute Gasteiger partial charge is 0.784 e. The first-order valence-corrected chi connectivity index (χ1v) is 3.71. The molecule has 0 aliphatic heterocycles. The number of hydrogen-bond donors (Lipinski definition) is 2. The Morgan fingerprint density at radius 1 is 1.08 bits per heavy atom. The summed E-state index contributed by atoms with van der Waals surface area (Å²) >= 11 is -3.11. The first-order valence-electron chi connectivity index (χ1n) is 2.71. The summed E-state index contributed by atoms with van der Waals surface area (Å²) in [5, 5.41) is 16.2. The molecule has 0 amide bonds. The fraction of sp³-hybridized carbons (Fsp3) is 1.00. The monoisotopic (exact) mass is 232 g/mol. The topological polar surface area (TPSA) is 113 Å². The standard InChI is InChI=1S/C4H10O3.2Na.H2O3S/c5-1-3-7-4-2-6;;;1-4(2)3/h5-6H,1-4H2;;;(H2,1,2,3)/q;2*+1;/p-2. The molecule has 6 nitrogen and oxygen atoms in total. The molecule has 0 heterocycles. The zero-order chi connectivity index (χ0) is 9.11. The number of aliphatic hydroxyl groups excluding tert-OH is 2. The largest absolute Gasteiger partial charge is 1.00 e. The Morgan fingerprint density at radius 3 is 1.46 bits per heavy atom. The Kier molecular flexibility index (Phi) is 44.1. The second-order valence-electron chi connectivity index (χ2n) is 1.26. The molecular formula is C4H10Na2O6S. The molecule has 70 valence electrons. The third kappa shape index (κ3) is 56.3. The molecule has 0 rings (SSSR count). The van der Waals surface area contributed by atoms with Crippen molar-refractivity contribution in [3.8, 4) is 0 Å². The minimum atomic E-state index is -3.11. The van der Waals surface area contributed by atoms with Gasteiger partial charge in [0.25, 0.3) is 0 Å². The van der Waals surface area contributed by atoms with Crippen LogP contribution in [-0.4, -0.2) is 50.0 Å². The first kappa shape index (κ1) is 24.3. The summed E-state index contributed by atoms with van der Waals surface area (Å²) in [6, 6.07) is 0. The van der Waals surface area contributed by atoms with Gasteiger partial charge in [0, 0.05) is 0 Å². The molecule has 0 bridgehead atoms. The number of ether oxygens (including phenoxy) is 1. The molecule has 0 fully saturated rings. The third-order valence-corrected chi connectivity index (χ3v) is 0.471. The van der Waals surface area contributed by atoms with Crippen LogP contribution in [0.25, 0.3) is 0 Å². The maximum atomic E-state index is 8.44. The quantitative estimate of drug-likeness (QED) is 0.283. The van der Waals surface area contributed by atoms with Crippen LogP contribution >= 0.6 is 0 Å². The van der Waals surface area contributed by atoms with Gasteiger partial charge in [-0.05, 0) is 0 Å². The van der Waals surface area contributed by atoms with Gasteiger partial charge in [-0.1, -0.05) is 0 Å². The van der Waals surface area contributed by atoms with Crippen molar-refractivity contribution in [3.63, 3.8) is 0 Å². The van der Waals surface area contributed by atoms with Gasteiger partial charge in [0.05, 0.1) is 26.4 Å². The Hall–Kier alpha value is 1.95. The van der Waals surface area contributed by atoms with E-state index in [9.17, 15) is 0 Å². The van der Waals surface area contributed by atoms with E-state index in [4.69, 9.17) is 23.5 Å². The van der Waals surface area contributed by atoms with Gasteiger partial charge in [0.2, 0.25) is 0 Å². The van der Waals surface area contributed by atoms with E-state index in [1.807, 2.05) is 0 Å². The molecule has 0 spiro atoms. The minimum absolute atomic E-state index is 0. The van der Waals surface area contributed by atoms with Crippen LogP contribution in [0.2, 0.25) is 0 Å². The van der Waals surface area contributed by atoms with Gasteiger partial charge in [-0.3, -0.25) is 4.21 Å². The molecular weight excluding hydrogens is 222 g/mol. The maximum Gasteiger partial charge on any atom is 1.00 e. The van der Waals surface area contributed by atoms with Crippen LogP contribution < -0.4 is 59.1 Å². The minimum Gasteiger partial charge on any atom is -0.784 e. The average Bonchev–Trinajstić information content (AvgIpc) is 1.88. The Labute approximate surface area is 124 Å². The van der Waals surface area contributed by atoms with Crippen molar-refractivity contribution in [1.82, 2.24) is 0 Å². The molecule has 0 unspecified atom stereocenters. The van der Waals surface area contributed by atoms with E-state index in [2.05, 4.69) is 4.74 Å². The summed E-state index contributed by atoms with van der Waals surface area (Å²) in [6.45, 7) is 0.696. The van der Waals surface area contributed by atoms with Crippen molar-refractivity contribution in [3.05, 3.63) is 0 Å². The van der Waals surface area contributed by atoms with Gasteiger partial charge in [0.15, 0.2) is 0 Å². The van der Waals surface area contributed by atoms with E-state index >= 15 is 0 Å². The molecule has 0 saturated carbocycles. The Morgan fingerprint density at radius 2 is 1.31 bits per heavy atom. The molecule has 0 aromatic rings. The predicted octanol–water partition coefficient (Wildman–Crippen LogP) is -8.01. The van der Waals surface area contributed by atoms with Gasteiger partial charge in [-0.2, -0.15) is 0 Å². The van der Waals surface area contributed by atoms with Crippen LogP contribution in [0.3, 0.4) is 0 Å². The van der Waals surface area contributed by atoms with Crippen molar-refractivity contribution in [2.24, 2.45) is 0 Å². The fourth-order valence-electron chi connectivity index (χ4n) is 0.231. The second-order valence-corrected chi connectivity index (χ2v) is 1.67. The molecule has 0 radical (unpaired) electrons. The molecule has 0 aromatic carbocycles. The van der Waals surface area contributed by atoms with E-state index in [1.165, 1.54) is 0 Å². The molecule has 2 N–H and O–H groups in total. The normalized spacial score (nSPS) is 7.77. The van der Waals surface area contributed by atoms with Crippen LogP contribution in [0, 0.1) is 0 Å². The predicted molar refractivity (Wildman–Crippen MR) is 34.7 cm³/mol. The first-order chi connectivity index (χ1) is 5.15. The molecule has 0 saturated heterocycles. The molecule has 0 aromatic heterocycles. The number of aliphatic hydroxyl groups is 2. The fourth-order valence-corrected chi connectivity index (χ4v) is 0.231. The molecule has 0 aliphatic rings. The zero-order valence-electron chi connectivity index (χ0n) is 7.76. The van der Waals surface area contributed by atoms with Gasteiger partial charge < -0.3 is 24.1 Å². The van der Waals surface area contributed by atoms with E-state index in [0.29, 0.717) is 13.2 Å². The summed E-state index contributed by atoms with van der Waals surface area (Å²) in [6.07, 6.45) is 0. The summed E-state index contributed by atoms with van der Waals surface area (Å²) in [5.41, 5.74) is 0. The van der Waals surface area contributed by atoms with E-state index in [-0.39, 0.29) is 72.3 Å². The zero-order valence-corrected chi connectivity index (χ0v) is 12.6. The van der Waals surface area contributed by atoms with Crippen molar-refractivity contribution in [2.75, 3.05) is 26.4 Å². The molecule has 0 atom stereocenters. The van der Waals surface area contributed by atoms with Crippen LogP contribution in [0.5, 0.6) is 0 Å². The average molecular weight is 232 g/mol.